The first-order chi connectivity index (χ1) is 14.6. The second-order valence-corrected chi connectivity index (χ2v) is 6.63. The molecule has 9 heteroatoms. The molecule has 1 N–H and O–H groups in total. The number of carbonyl (C=O) groups is 1. The Morgan fingerprint density at radius 3 is 2.90 bits per heavy atom. The smallest absolute Gasteiger partial charge is 0.255 e. The van der Waals surface area contributed by atoms with Crippen LogP contribution >= 0.6 is 0 Å². The Morgan fingerprint density at radius 1 is 1.17 bits per heavy atom. The number of benzene rings is 2. The molecule has 1 aliphatic rings. The number of halogens is 1. The number of rotatable bonds is 4. The van der Waals surface area contributed by atoms with Gasteiger partial charge in [-0.2, -0.15) is 10.1 Å². The summed E-state index contributed by atoms with van der Waals surface area (Å²) in [5.41, 5.74) is 2.21. The maximum Gasteiger partial charge on any atom is 0.255 e. The number of fused-ring (bicyclic) bond motifs is 2. The van der Waals surface area contributed by atoms with Crippen molar-refractivity contribution in [1.29, 1.82) is 0 Å². The number of nitrogens with zero attached hydrogens (tertiary/aromatic N) is 3. The van der Waals surface area contributed by atoms with Crippen LogP contribution in [0.5, 0.6) is 23.1 Å². The van der Waals surface area contributed by atoms with Crippen molar-refractivity contribution in [2.75, 3.05) is 12.1 Å². The van der Waals surface area contributed by atoms with Crippen molar-refractivity contribution in [2.24, 2.45) is 0 Å². The monoisotopic (exact) mass is 406 g/mol. The first-order valence-corrected chi connectivity index (χ1v) is 9.06. The fourth-order valence-corrected chi connectivity index (χ4v) is 3.16. The molecule has 1 aliphatic heterocycles. The van der Waals surface area contributed by atoms with Gasteiger partial charge in [0.1, 0.15) is 11.8 Å². The highest BCUT2D eigenvalue weighted by molar-refractivity contribution is 6.04. The summed E-state index contributed by atoms with van der Waals surface area (Å²) in [6, 6.07) is 10.9. The molecular weight excluding hydrogens is 391 g/mol. The minimum Gasteiger partial charge on any atom is -0.454 e. The van der Waals surface area contributed by atoms with Crippen LogP contribution in [0.4, 0.5) is 10.1 Å². The summed E-state index contributed by atoms with van der Waals surface area (Å²) in [5, 5.41) is 6.75. The molecule has 5 rings (SSSR count). The van der Waals surface area contributed by atoms with Crippen molar-refractivity contribution < 1.29 is 23.4 Å². The van der Waals surface area contributed by atoms with Crippen molar-refractivity contribution >= 4 is 17.1 Å². The van der Waals surface area contributed by atoms with E-state index in [-0.39, 0.29) is 24.1 Å². The molecule has 2 aromatic heterocycles. The molecule has 0 atom stereocenters. The van der Waals surface area contributed by atoms with Crippen LogP contribution in [0.2, 0.25) is 0 Å². The third-order valence-corrected chi connectivity index (χ3v) is 4.65. The summed E-state index contributed by atoms with van der Waals surface area (Å²) >= 11 is 0. The van der Waals surface area contributed by atoms with Crippen LogP contribution in [0.25, 0.3) is 5.52 Å². The van der Waals surface area contributed by atoms with Gasteiger partial charge >= 0.3 is 0 Å². The van der Waals surface area contributed by atoms with Crippen LogP contribution in [-0.4, -0.2) is 27.3 Å². The predicted molar refractivity (Wildman–Crippen MR) is 105 cm³/mol. The second kappa shape index (κ2) is 7.03. The Kier molecular flexibility index (Phi) is 4.20. The quantitative estimate of drug-likeness (QED) is 0.552. The molecule has 0 spiro atoms. The van der Waals surface area contributed by atoms with E-state index in [4.69, 9.17) is 14.2 Å². The van der Waals surface area contributed by atoms with Crippen LogP contribution in [0.3, 0.4) is 0 Å². The number of carbonyl (C=O) groups excluding carboxylic acids is 1. The van der Waals surface area contributed by atoms with Gasteiger partial charge in [0.25, 0.3) is 5.91 Å². The average molecular weight is 406 g/mol. The zero-order chi connectivity index (χ0) is 20.7. The zero-order valence-electron chi connectivity index (χ0n) is 15.8. The molecule has 4 aromatic rings. The summed E-state index contributed by atoms with van der Waals surface area (Å²) < 4.78 is 32.4. The standard InChI is InChI=1S/C21H15FN4O4/c1-12-6-7-26-19(12)21(23-10-24-26)30-16-5-3-14(9-15(16)22)25-20(27)13-2-4-17-18(8-13)29-11-28-17/h2-10H,11H2,1H3,(H,25,27). The molecule has 0 unspecified atom stereocenters. The summed E-state index contributed by atoms with van der Waals surface area (Å²) in [7, 11) is 0. The summed E-state index contributed by atoms with van der Waals surface area (Å²) in [6.45, 7) is 2.01. The molecule has 3 heterocycles. The van der Waals surface area contributed by atoms with Gasteiger partial charge in [-0.05, 0) is 48.9 Å². The lowest BCUT2D eigenvalue weighted by Crippen LogP contribution is -2.12. The molecule has 0 radical (unpaired) electrons. The van der Waals surface area contributed by atoms with Gasteiger partial charge in [0.15, 0.2) is 23.1 Å². The van der Waals surface area contributed by atoms with Gasteiger partial charge in [0.05, 0.1) is 0 Å². The lowest BCUT2D eigenvalue weighted by molar-refractivity contribution is 0.102. The Bertz CT molecular complexity index is 1290. The topological polar surface area (TPSA) is 87.0 Å². The van der Waals surface area contributed by atoms with Gasteiger partial charge in [-0.1, -0.05) is 0 Å². The SMILES string of the molecule is Cc1ccn2ncnc(Oc3ccc(NC(=O)c4ccc5c(c4)OCO5)cc3F)c12. The van der Waals surface area contributed by atoms with Crippen LogP contribution < -0.4 is 19.5 Å². The molecule has 0 saturated carbocycles. The number of nitrogens with one attached hydrogen (secondary N) is 1. The zero-order valence-corrected chi connectivity index (χ0v) is 15.8. The van der Waals surface area contributed by atoms with E-state index in [9.17, 15) is 9.18 Å². The van der Waals surface area contributed by atoms with Crippen molar-refractivity contribution in [3.63, 3.8) is 0 Å². The second-order valence-electron chi connectivity index (χ2n) is 6.63. The highest BCUT2D eigenvalue weighted by atomic mass is 19.1. The van der Waals surface area contributed by atoms with Crippen LogP contribution in [0.1, 0.15) is 15.9 Å². The van der Waals surface area contributed by atoms with Gasteiger partial charge in [0, 0.05) is 23.5 Å². The molecule has 150 valence electrons. The van der Waals surface area contributed by atoms with Crippen molar-refractivity contribution in [1.82, 2.24) is 14.6 Å². The Hall–Kier alpha value is -4.14. The Labute approximate surface area is 169 Å². The maximum absolute atomic E-state index is 14.6. The number of aryl methyl sites for hydroxylation is 1. The van der Waals surface area contributed by atoms with Gasteiger partial charge in [-0.3, -0.25) is 4.79 Å². The normalized spacial score (nSPS) is 12.2. The largest absolute Gasteiger partial charge is 0.454 e. The lowest BCUT2D eigenvalue weighted by Gasteiger charge is -2.10. The lowest BCUT2D eigenvalue weighted by atomic mass is 10.2. The fourth-order valence-electron chi connectivity index (χ4n) is 3.16. The van der Waals surface area contributed by atoms with E-state index < -0.39 is 11.7 Å². The van der Waals surface area contributed by atoms with Gasteiger partial charge < -0.3 is 19.5 Å². The van der Waals surface area contributed by atoms with Crippen molar-refractivity contribution in [3.05, 3.63) is 71.9 Å². The van der Waals surface area contributed by atoms with E-state index in [2.05, 4.69) is 15.4 Å². The molecule has 0 aliphatic carbocycles. The molecule has 8 nitrogen and oxygen atoms in total. The van der Waals surface area contributed by atoms with E-state index in [1.165, 1.54) is 18.5 Å². The van der Waals surface area contributed by atoms with E-state index in [0.29, 0.717) is 22.6 Å². The van der Waals surface area contributed by atoms with E-state index >= 15 is 0 Å². The number of aromatic nitrogens is 3. The van der Waals surface area contributed by atoms with Gasteiger partial charge in [-0.25, -0.2) is 8.91 Å². The van der Waals surface area contributed by atoms with Crippen molar-refractivity contribution in [3.8, 4) is 23.1 Å². The first kappa shape index (κ1) is 17.9. The van der Waals surface area contributed by atoms with Crippen molar-refractivity contribution in [2.45, 2.75) is 6.92 Å². The molecule has 0 bridgehead atoms. The minimum absolute atomic E-state index is 0.0164. The molecule has 0 fully saturated rings. The maximum atomic E-state index is 14.6. The Morgan fingerprint density at radius 2 is 2.03 bits per heavy atom. The third kappa shape index (κ3) is 3.16. The third-order valence-electron chi connectivity index (χ3n) is 4.65. The fraction of sp³-hybridized carbons (Fsp3) is 0.0952. The predicted octanol–water partition coefficient (Wildman–Crippen LogP) is 3.95. The van der Waals surface area contributed by atoms with E-state index in [1.54, 1.807) is 35.0 Å². The Balaban J connectivity index is 1.35. The molecular formula is C21H15FN4O4. The molecule has 30 heavy (non-hydrogen) atoms. The summed E-state index contributed by atoms with van der Waals surface area (Å²) in [4.78, 5) is 16.6. The number of hydrogen-bond donors (Lipinski definition) is 1. The summed E-state index contributed by atoms with van der Waals surface area (Å²) in [5.74, 6) is 0.258. The van der Waals surface area contributed by atoms with E-state index in [0.717, 1.165) is 5.56 Å². The van der Waals surface area contributed by atoms with Gasteiger partial charge in [-0.15, -0.1) is 0 Å². The highest BCUT2D eigenvalue weighted by Gasteiger charge is 2.17. The van der Waals surface area contributed by atoms with Gasteiger partial charge in [0.2, 0.25) is 12.7 Å². The average Bonchev–Trinajstić information content (AvgIpc) is 3.36. The highest BCUT2D eigenvalue weighted by Crippen LogP contribution is 2.33. The molecule has 1 amide bonds. The number of ether oxygens (including phenoxy) is 3. The van der Waals surface area contributed by atoms with Crippen LogP contribution in [-0.2, 0) is 0 Å². The first-order valence-electron chi connectivity index (χ1n) is 9.06. The van der Waals surface area contributed by atoms with Crippen LogP contribution in [0, 0.1) is 12.7 Å². The van der Waals surface area contributed by atoms with E-state index in [1.807, 2.05) is 13.0 Å². The van der Waals surface area contributed by atoms with Crippen LogP contribution in [0.15, 0.2) is 55.0 Å². The number of amides is 1. The summed E-state index contributed by atoms with van der Waals surface area (Å²) in [6.07, 6.45) is 3.10. The minimum atomic E-state index is -0.639. The number of anilines is 1. The molecule has 2 aromatic carbocycles. The number of hydrogen-bond acceptors (Lipinski definition) is 6. The molecule has 0 saturated heterocycles.